The van der Waals surface area contributed by atoms with Crippen molar-refractivity contribution in [2.45, 2.75) is 0 Å². The van der Waals surface area contributed by atoms with E-state index in [0.29, 0.717) is 17.1 Å². The molecule has 0 atom stereocenters. The Morgan fingerprint density at radius 2 is 2.20 bits per heavy atom. The molecule has 0 saturated heterocycles. The zero-order chi connectivity index (χ0) is 14.5. The van der Waals surface area contributed by atoms with Crippen LogP contribution in [0.3, 0.4) is 0 Å². The lowest BCUT2D eigenvalue weighted by molar-refractivity contribution is 0.388. The molecular weight excluding hydrogens is 262 g/mol. The van der Waals surface area contributed by atoms with Crippen LogP contribution in [0.4, 0.5) is 5.69 Å². The number of amidine groups is 1. The fourth-order valence-corrected chi connectivity index (χ4v) is 1.32. The van der Waals surface area contributed by atoms with Crippen LogP contribution in [0.25, 0.3) is 11.4 Å². The van der Waals surface area contributed by atoms with E-state index in [-0.39, 0.29) is 5.71 Å². The van der Waals surface area contributed by atoms with Gasteiger partial charge in [0.2, 0.25) is 5.71 Å². The minimum Gasteiger partial charge on any atom is -0.382 e. The lowest BCUT2D eigenvalue weighted by Crippen LogP contribution is -2.21. The van der Waals surface area contributed by atoms with E-state index in [1.54, 1.807) is 30.3 Å². The number of hydrogen-bond acceptors (Lipinski definition) is 7. The van der Waals surface area contributed by atoms with Crippen molar-refractivity contribution in [1.29, 1.82) is 10.7 Å². The molecule has 20 heavy (non-hydrogen) atoms. The van der Waals surface area contributed by atoms with Gasteiger partial charge < -0.3 is 5.73 Å². The lowest BCUT2D eigenvalue weighted by atomic mass is 10.2. The summed E-state index contributed by atoms with van der Waals surface area (Å²) >= 11 is 0. The summed E-state index contributed by atoms with van der Waals surface area (Å²) in [4.78, 5) is 13.2. The van der Waals surface area contributed by atoms with Gasteiger partial charge in [-0.25, -0.2) is 4.79 Å². The molecular formula is C11H9N7O2. The molecule has 0 amide bonds. The van der Waals surface area contributed by atoms with Crippen LogP contribution in [0.1, 0.15) is 0 Å². The van der Waals surface area contributed by atoms with Crippen molar-refractivity contribution < 1.29 is 4.52 Å². The van der Waals surface area contributed by atoms with Gasteiger partial charge in [-0.1, -0.05) is 5.16 Å². The number of rotatable bonds is 4. The Morgan fingerprint density at radius 1 is 1.50 bits per heavy atom. The topological polar surface area (TPSA) is 157 Å². The summed E-state index contributed by atoms with van der Waals surface area (Å²) in [7, 11) is 0. The Balaban J connectivity index is 2.15. The third-order valence-electron chi connectivity index (χ3n) is 2.26. The van der Waals surface area contributed by atoms with Gasteiger partial charge in [-0.05, 0) is 24.3 Å². The third kappa shape index (κ3) is 2.88. The first kappa shape index (κ1) is 13.0. The molecule has 2 aromatic rings. The van der Waals surface area contributed by atoms with Gasteiger partial charge in [0.25, 0.3) is 0 Å². The fraction of sp³-hybridized carbons (Fsp3) is 0. The standard InChI is InChI=1S/C11H9N7O2/c12-5-8(9(13)14)17-16-7-3-1-6(2-4-7)10-15-11(19)20-18-10/h1-4,16H,(H3,13,14)(H,15,18,19)/b17-8+. The van der Waals surface area contributed by atoms with Crippen LogP contribution >= 0.6 is 0 Å². The molecule has 0 spiro atoms. The highest BCUT2D eigenvalue weighted by molar-refractivity contribution is 6.45. The van der Waals surface area contributed by atoms with Crippen LogP contribution in [0.5, 0.6) is 0 Å². The summed E-state index contributed by atoms with van der Waals surface area (Å²) < 4.78 is 4.40. The monoisotopic (exact) mass is 271 g/mol. The fourth-order valence-electron chi connectivity index (χ4n) is 1.32. The molecule has 0 fully saturated rings. The van der Waals surface area contributed by atoms with Gasteiger partial charge in [0, 0.05) is 5.56 Å². The predicted octanol–water partition coefficient (Wildman–Crippen LogP) is 0.257. The maximum Gasteiger partial charge on any atom is 0.439 e. The van der Waals surface area contributed by atoms with Crippen molar-refractivity contribution in [3.05, 3.63) is 34.8 Å². The van der Waals surface area contributed by atoms with Crippen molar-refractivity contribution in [2.75, 3.05) is 5.43 Å². The van der Waals surface area contributed by atoms with E-state index in [1.807, 2.05) is 0 Å². The summed E-state index contributed by atoms with van der Waals surface area (Å²) in [6.45, 7) is 0. The SMILES string of the molecule is N#C/C(=N\Nc1ccc(-c2noc(=O)[nH]2)cc1)C(=N)N. The smallest absolute Gasteiger partial charge is 0.382 e. The molecule has 0 saturated carbocycles. The number of anilines is 1. The quantitative estimate of drug-likeness (QED) is 0.354. The molecule has 2 rings (SSSR count). The molecule has 0 aliphatic heterocycles. The number of nitrogens with one attached hydrogen (secondary N) is 3. The highest BCUT2D eigenvalue weighted by atomic mass is 16.5. The Morgan fingerprint density at radius 3 is 2.70 bits per heavy atom. The Labute approximate surface area is 112 Å². The number of benzene rings is 1. The highest BCUT2D eigenvalue weighted by Crippen LogP contribution is 2.16. The summed E-state index contributed by atoms with van der Waals surface area (Å²) in [6.07, 6.45) is 0. The van der Waals surface area contributed by atoms with E-state index < -0.39 is 11.6 Å². The molecule has 0 radical (unpaired) electrons. The van der Waals surface area contributed by atoms with Gasteiger partial charge in [-0.2, -0.15) is 10.4 Å². The van der Waals surface area contributed by atoms with E-state index >= 15 is 0 Å². The Kier molecular flexibility index (Phi) is 3.58. The second-order valence-corrected chi connectivity index (χ2v) is 3.62. The number of nitriles is 1. The molecule has 0 bridgehead atoms. The van der Waals surface area contributed by atoms with Crippen molar-refractivity contribution in [1.82, 2.24) is 10.1 Å². The molecule has 0 aliphatic carbocycles. The highest BCUT2D eigenvalue weighted by Gasteiger charge is 2.04. The first-order valence-corrected chi connectivity index (χ1v) is 5.35. The van der Waals surface area contributed by atoms with Gasteiger partial charge in [-0.3, -0.25) is 20.3 Å². The van der Waals surface area contributed by atoms with Crippen LogP contribution in [-0.4, -0.2) is 21.7 Å². The number of hydrazone groups is 1. The van der Waals surface area contributed by atoms with E-state index in [4.69, 9.17) is 16.4 Å². The van der Waals surface area contributed by atoms with E-state index in [1.165, 1.54) is 0 Å². The number of hydrogen-bond donors (Lipinski definition) is 4. The van der Waals surface area contributed by atoms with Crippen LogP contribution < -0.4 is 16.9 Å². The van der Waals surface area contributed by atoms with Crippen molar-refractivity contribution in [2.24, 2.45) is 10.8 Å². The third-order valence-corrected chi connectivity index (χ3v) is 2.26. The summed E-state index contributed by atoms with van der Waals surface area (Å²) in [5.74, 6) is -0.741. The van der Waals surface area contributed by atoms with Crippen molar-refractivity contribution in [3.8, 4) is 17.5 Å². The number of nitrogens with zero attached hydrogens (tertiary/aromatic N) is 3. The summed E-state index contributed by atoms with van der Waals surface area (Å²) in [6, 6.07) is 8.34. The Bertz CT molecular complexity index is 748. The number of H-pyrrole nitrogens is 1. The zero-order valence-electron chi connectivity index (χ0n) is 10.0. The molecule has 0 aliphatic rings. The molecule has 9 nitrogen and oxygen atoms in total. The number of nitrogens with two attached hydrogens (primary N) is 1. The average Bonchev–Trinajstić information content (AvgIpc) is 2.86. The second kappa shape index (κ2) is 5.49. The zero-order valence-corrected chi connectivity index (χ0v) is 10.0. The summed E-state index contributed by atoms with van der Waals surface area (Å²) in [5.41, 5.74) is 8.76. The molecule has 9 heteroatoms. The predicted molar refractivity (Wildman–Crippen MR) is 71.1 cm³/mol. The maximum absolute atomic E-state index is 10.8. The van der Waals surface area contributed by atoms with E-state index in [2.05, 4.69) is 25.2 Å². The van der Waals surface area contributed by atoms with E-state index in [9.17, 15) is 4.79 Å². The molecule has 1 heterocycles. The van der Waals surface area contributed by atoms with Crippen molar-refractivity contribution in [3.63, 3.8) is 0 Å². The summed E-state index contributed by atoms with van der Waals surface area (Å²) in [5, 5.41) is 23.0. The van der Waals surface area contributed by atoms with Gasteiger partial charge in [0.05, 0.1) is 5.69 Å². The van der Waals surface area contributed by atoms with Crippen LogP contribution in [0, 0.1) is 16.7 Å². The first-order chi connectivity index (χ1) is 9.60. The molecule has 100 valence electrons. The Hall–Kier alpha value is -3.41. The van der Waals surface area contributed by atoms with Crippen LogP contribution in [0.2, 0.25) is 0 Å². The minimum absolute atomic E-state index is 0.213. The van der Waals surface area contributed by atoms with Crippen molar-refractivity contribution >= 4 is 17.2 Å². The normalized spacial score (nSPS) is 10.8. The average molecular weight is 271 g/mol. The van der Waals surface area contributed by atoms with Crippen LogP contribution in [0.15, 0.2) is 38.7 Å². The largest absolute Gasteiger partial charge is 0.439 e. The second-order valence-electron chi connectivity index (χ2n) is 3.62. The first-order valence-electron chi connectivity index (χ1n) is 5.35. The van der Waals surface area contributed by atoms with Gasteiger partial charge in [0.1, 0.15) is 6.07 Å². The minimum atomic E-state index is -0.632. The maximum atomic E-state index is 10.8. The molecule has 1 aromatic heterocycles. The molecule has 5 N–H and O–H groups in total. The molecule has 1 aromatic carbocycles. The van der Waals surface area contributed by atoms with Crippen LogP contribution in [-0.2, 0) is 0 Å². The number of aromatic nitrogens is 2. The number of aromatic amines is 1. The van der Waals surface area contributed by atoms with Gasteiger partial charge in [-0.15, -0.1) is 0 Å². The van der Waals surface area contributed by atoms with Gasteiger partial charge in [0.15, 0.2) is 11.7 Å². The van der Waals surface area contributed by atoms with E-state index in [0.717, 1.165) is 0 Å². The lowest BCUT2D eigenvalue weighted by Gasteiger charge is -2.01. The van der Waals surface area contributed by atoms with Gasteiger partial charge >= 0.3 is 5.76 Å². The molecule has 0 unspecified atom stereocenters.